The fourth-order valence-corrected chi connectivity index (χ4v) is 2.41. The van der Waals surface area contributed by atoms with Crippen LogP contribution in [0.2, 0.25) is 0 Å². The molecule has 1 atom stereocenters. The number of rotatable bonds is 2. The summed E-state index contributed by atoms with van der Waals surface area (Å²) in [6.07, 6.45) is 1.19. The minimum atomic E-state index is -4.62. The lowest BCUT2D eigenvalue weighted by molar-refractivity contribution is -0.138. The number of imidazole rings is 1. The molecule has 8 heteroatoms. The molecule has 110 valence electrons. The summed E-state index contributed by atoms with van der Waals surface area (Å²) < 4.78 is 40.5. The molecule has 1 aliphatic heterocycles. The van der Waals surface area contributed by atoms with Crippen molar-refractivity contribution in [2.45, 2.75) is 25.2 Å². The van der Waals surface area contributed by atoms with Gasteiger partial charge in [0.05, 0.1) is 17.2 Å². The smallest absolute Gasteiger partial charge is 0.342 e. The molecule has 0 spiro atoms. The maximum atomic E-state index is 12.9. The molecule has 0 fully saturated rings. The van der Waals surface area contributed by atoms with Gasteiger partial charge in [0.25, 0.3) is 5.91 Å². The zero-order valence-electron chi connectivity index (χ0n) is 10.8. The maximum absolute atomic E-state index is 12.9. The fourth-order valence-electron chi connectivity index (χ4n) is 2.41. The Hall–Kier alpha value is -2.38. The fraction of sp³-hybridized carbons (Fsp3) is 0.308. The minimum Gasteiger partial charge on any atom is -0.342 e. The van der Waals surface area contributed by atoms with Gasteiger partial charge in [0, 0.05) is 31.3 Å². The Bertz CT molecular complexity index is 680. The lowest BCUT2D eigenvalue weighted by Gasteiger charge is -2.15. The topological polar surface area (TPSA) is 59.8 Å². The number of carbonyl (C=O) groups excluding carboxylic acids is 1. The van der Waals surface area contributed by atoms with Gasteiger partial charge in [0.15, 0.2) is 0 Å². The molecule has 1 amide bonds. The predicted octanol–water partition coefficient (Wildman–Crippen LogP) is 2.17. The molecule has 3 rings (SSSR count). The minimum absolute atomic E-state index is 0.373. The number of hydrogen-bond acceptors (Lipinski definition) is 3. The predicted molar refractivity (Wildman–Crippen MR) is 66.3 cm³/mol. The number of alkyl halides is 3. The van der Waals surface area contributed by atoms with E-state index in [1.165, 1.54) is 6.20 Å². The first-order valence-electron chi connectivity index (χ1n) is 6.30. The van der Waals surface area contributed by atoms with Crippen LogP contribution in [0.4, 0.5) is 13.2 Å². The van der Waals surface area contributed by atoms with Gasteiger partial charge >= 0.3 is 6.18 Å². The van der Waals surface area contributed by atoms with Gasteiger partial charge in [-0.1, -0.05) is 0 Å². The highest BCUT2D eigenvalue weighted by Crippen LogP contribution is 2.32. The molecule has 2 aromatic heterocycles. The van der Waals surface area contributed by atoms with Crippen LogP contribution < -0.4 is 5.32 Å². The zero-order chi connectivity index (χ0) is 15.0. The van der Waals surface area contributed by atoms with Crippen molar-refractivity contribution in [3.8, 4) is 0 Å². The van der Waals surface area contributed by atoms with E-state index in [1.54, 1.807) is 12.4 Å². The summed E-state index contributed by atoms with van der Waals surface area (Å²) in [5.41, 5.74) is -1.47. The van der Waals surface area contributed by atoms with E-state index in [0.717, 1.165) is 6.07 Å². The number of hydrogen-bond donors (Lipinski definition) is 1. The number of halogens is 3. The van der Waals surface area contributed by atoms with Gasteiger partial charge in [-0.25, -0.2) is 4.98 Å². The summed E-state index contributed by atoms with van der Waals surface area (Å²) in [6, 6.07) is 0.696. The van der Waals surface area contributed by atoms with Gasteiger partial charge in [-0.2, -0.15) is 13.2 Å². The molecule has 1 aliphatic rings. The van der Waals surface area contributed by atoms with Crippen molar-refractivity contribution < 1.29 is 18.0 Å². The molecule has 1 N–H and O–H groups in total. The molecule has 0 saturated carbocycles. The Kier molecular flexibility index (Phi) is 3.15. The molecular weight excluding hydrogens is 285 g/mol. The van der Waals surface area contributed by atoms with Gasteiger partial charge in [0.2, 0.25) is 0 Å². The number of fused-ring (bicyclic) bond motifs is 1. The molecule has 0 saturated heterocycles. The van der Waals surface area contributed by atoms with Crippen LogP contribution in [0.15, 0.2) is 30.9 Å². The van der Waals surface area contributed by atoms with Crippen molar-refractivity contribution in [1.29, 1.82) is 0 Å². The van der Waals surface area contributed by atoms with E-state index in [1.807, 2.05) is 4.57 Å². The Labute approximate surface area is 117 Å². The first kappa shape index (κ1) is 13.6. The summed E-state index contributed by atoms with van der Waals surface area (Å²) in [6.45, 7) is 0.683. The molecule has 0 radical (unpaired) electrons. The van der Waals surface area contributed by atoms with Gasteiger partial charge in [-0.05, 0) is 12.5 Å². The number of aryl methyl sites for hydroxylation is 1. The normalized spacial score (nSPS) is 17.6. The number of aromatic nitrogens is 3. The van der Waals surface area contributed by atoms with E-state index in [-0.39, 0.29) is 6.04 Å². The highest BCUT2D eigenvalue weighted by atomic mass is 19.4. The van der Waals surface area contributed by atoms with E-state index in [9.17, 15) is 18.0 Å². The Balaban J connectivity index is 1.84. The van der Waals surface area contributed by atoms with E-state index in [0.29, 0.717) is 25.0 Å². The van der Waals surface area contributed by atoms with Crippen LogP contribution in [0.5, 0.6) is 0 Å². The summed E-state index contributed by atoms with van der Waals surface area (Å²) >= 11 is 0. The number of nitrogens with one attached hydrogen (secondary N) is 1. The van der Waals surface area contributed by atoms with E-state index in [2.05, 4.69) is 15.3 Å². The molecule has 3 heterocycles. The molecule has 0 aromatic carbocycles. The lowest BCUT2D eigenvalue weighted by Crippen LogP contribution is -2.29. The van der Waals surface area contributed by atoms with Crippen molar-refractivity contribution in [2.75, 3.05) is 0 Å². The summed E-state index contributed by atoms with van der Waals surface area (Å²) in [4.78, 5) is 19.7. The molecule has 1 unspecified atom stereocenters. The highest BCUT2D eigenvalue weighted by molar-refractivity contribution is 5.95. The van der Waals surface area contributed by atoms with Crippen LogP contribution in [0.1, 0.15) is 34.2 Å². The Morgan fingerprint density at radius 2 is 2.19 bits per heavy atom. The number of carbonyl (C=O) groups is 1. The van der Waals surface area contributed by atoms with E-state index in [4.69, 9.17) is 0 Å². The van der Waals surface area contributed by atoms with Crippen LogP contribution in [0.3, 0.4) is 0 Å². The van der Waals surface area contributed by atoms with Crippen LogP contribution in [0.25, 0.3) is 0 Å². The first-order valence-corrected chi connectivity index (χ1v) is 6.30. The molecular formula is C13H11F3N4O. The third-order valence-corrected chi connectivity index (χ3v) is 3.39. The van der Waals surface area contributed by atoms with Crippen LogP contribution in [-0.4, -0.2) is 20.4 Å². The van der Waals surface area contributed by atoms with E-state index >= 15 is 0 Å². The quantitative estimate of drug-likeness (QED) is 0.924. The zero-order valence-corrected chi connectivity index (χ0v) is 10.8. The van der Waals surface area contributed by atoms with Crippen molar-refractivity contribution >= 4 is 5.91 Å². The van der Waals surface area contributed by atoms with Crippen LogP contribution >= 0.6 is 0 Å². The monoisotopic (exact) mass is 296 g/mol. The van der Waals surface area contributed by atoms with Gasteiger partial charge in [-0.15, -0.1) is 0 Å². The molecule has 0 bridgehead atoms. The molecule has 2 aromatic rings. The van der Waals surface area contributed by atoms with Crippen LogP contribution in [-0.2, 0) is 12.7 Å². The standard InChI is InChI=1S/C13H11F3N4O/c14-13(15,16)9-7-17-3-1-8(9)12(21)19-10-2-5-20-6-4-18-11(10)20/h1,3-4,6-7,10H,2,5H2,(H,19,21). The average Bonchev–Trinajstić information content (AvgIpc) is 3.03. The highest BCUT2D eigenvalue weighted by Gasteiger charge is 2.36. The summed E-state index contributed by atoms with van der Waals surface area (Å²) in [7, 11) is 0. The summed E-state index contributed by atoms with van der Waals surface area (Å²) in [5.74, 6) is -0.114. The third-order valence-electron chi connectivity index (χ3n) is 3.39. The van der Waals surface area contributed by atoms with Gasteiger partial charge in [-0.3, -0.25) is 9.78 Å². The van der Waals surface area contributed by atoms with Crippen molar-refractivity contribution in [3.63, 3.8) is 0 Å². The molecule has 21 heavy (non-hydrogen) atoms. The van der Waals surface area contributed by atoms with Crippen molar-refractivity contribution in [1.82, 2.24) is 19.9 Å². The average molecular weight is 296 g/mol. The summed E-state index contributed by atoms with van der Waals surface area (Å²) in [5, 5.41) is 2.60. The second kappa shape index (κ2) is 4.87. The Morgan fingerprint density at radius 1 is 1.38 bits per heavy atom. The van der Waals surface area contributed by atoms with Crippen molar-refractivity contribution in [3.05, 3.63) is 47.8 Å². The largest absolute Gasteiger partial charge is 0.418 e. The number of pyridine rings is 1. The van der Waals surface area contributed by atoms with Crippen molar-refractivity contribution in [2.24, 2.45) is 0 Å². The van der Waals surface area contributed by atoms with E-state index < -0.39 is 23.2 Å². The van der Waals surface area contributed by atoms with Gasteiger partial charge in [0.1, 0.15) is 5.82 Å². The number of amides is 1. The van der Waals surface area contributed by atoms with Crippen LogP contribution in [0, 0.1) is 0 Å². The molecule has 0 aliphatic carbocycles. The maximum Gasteiger partial charge on any atom is 0.418 e. The third kappa shape index (κ3) is 2.48. The second-order valence-electron chi connectivity index (χ2n) is 4.71. The van der Waals surface area contributed by atoms with Gasteiger partial charge < -0.3 is 9.88 Å². The molecule has 5 nitrogen and oxygen atoms in total. The second-order valence-corrected chi connectivity index (χ2v) is 4.71. The lowest BCUT2D eigenvalue weighted by atomic mass is 10.1. The SMILES string of the molecule is O=C(NC1CCn2ccnc21)c1ccncc1C(F)(F)F. The Morgan fingerprint density at radius 3 is 2.95 bits per heavy atom. The first-order chi connectivity index (χ1) is 9.97. The number of nitrogens with zero attached hydrogens (tertiary/aromatic N) is 3.